The lowest BCUT2D eigenvalue weighted by Crippen LogP contribution is -2.57. The van der Waals surface area contributed by atoms with Crippen LogP contribution in [0.4, 0.5) is 4.39 Å². The van der Waals surface area contributed by atoms with Gasteiger partial charge in [0.1, 0.15) is 18.0 Å². The fraction of sp³-hybridized carbons (Fsp3) is 0.733. The first-order valence-corrected chi connectivity index (χ1v) is 14.6. The molecule has 0 spiro atoms. The van der Waals surface area contributed by atoms with Gasteiger partial charge in [0, 0.05) is 45.2 Å². The summed E-state index contributed by atoms with van der Waals surface area (Å²) < 4.78 is 19.2. The van der Waals surface area contributed by atoms with E-state index < -0.39 is 12.2 Å². The van der Waals surface area contributed by atoms with Crippen molar-refractivity contribution in [3.8, 4) is 5.75 Å². The third kappa shape index (κ3) is 9.53. The molecule has 1 aliphatic carbocycles. The van der Waals surface area contributed by atoms with Gasteiger partial charge in [-0.25, -0.2) is 4.39 Å². The van der Waals surface area contributed by atoms with Crippen molar-refractivity contribution in [3.05, 3.63) is 29.8 Å². The van der Waals surface area contributed by atoms with E-state index in [9.17, 15) is 19.1 Å². The van der Waals surface area contributed by atoms with Gasteiger partial charge < -0.3 is 25.4 Å². The number of aryl methyl sites for hydroxylation is 1. The van der Waals surface area contributed by atoms with Crippen molar-refractivity contribution in [3.63, 3.8) is 0 Å². The van der Waals surface area contributed by atoms with E-state index in [0.717, 1.165) is 44.1 Å². The van der Waals surface area contributed by atoms with E-state index in [-0.39, 0.29) is 29.4 Å². The Hall–Kier alpha value is -2.19. The molecule has 2 unspecified atom stereocenters. The summed E-state index contributed by atoms with van der Waals surface area (Å²) in [5, 5.41) is 16.0. The molecule has 1 saturated heterocycles. The van der Waals surface area contributed by atoms with Crippen LogP contribution < -0.4 is 10.6 Å². The summed E-state index contributed by atoms with van der Waals surface area (Å²) in [4.78, 5) is 29.6. The molecule has 38 heavy (non-hydrogen) atoms. The third-order valence-corrected chi connectivity index (χ3v) is 8.20. The molecule has 0 bridgehead atoms. The molecule has 8 heteroatoms. The van der Waals surface area contributed by atoms with Crippen LogP contribution in [-0.4, -0.2) is 73.9 Å². The number of nitrogens with one attached hydrogen (secondary N) is 2. The summed E-state index contributed by atoms with van der Waals surface area (Å²) in [6, 6.07) is 6.38. The van der Waals surface area contributed by atoms with Gasteiger partial charge in [-0.3, -0.25) is 9.59 Å². The molecule has 0 radical (unpaired) electrons. The van der Waals surface area contributed by atoms with Crippen LogP contribution in [-0.2, 0) is 20.7 Å². The van der Waals surface area contributed by atoms with Gasteiger partial charge >= 0.3 is 0 Å². The Balaban J connectivity index is 1.80. The van der Waals surface area contributed by atoms with Crippen LogP contribution in [0.1, 0.15) is 70.3 Å². The van der Waals surface area contributed by atoms with E-state index in [0.29, 0.717) is 64.4 Å². The number of phenolic OH excluding ortho intramolecular Hbond substituents is 1. The van der Waals surface area contributed by atoms with E-state index in [2.05, 4.69) is 17.6 Å². The first kappa shape index (κ1) is 30.4. The van der Waals surface area contributed by atoms with Gasteiger partial charge in [-0.15, -0.1) is 0 Å². The number of aromatic hydroxyl groups is 1. The molecular formula is C30H48FN3O4. The molecule has 3 rings (SSSR count). The monoisotopic (exact) mass is 533 g/mol. The van der Waals surface area contributed by atoms with Crippen molar-refractivity contribution in [1.29, 1.82) is 0 Å². The number of amides is 2. The first-order chi connectivity index (χ1) is 18.4. The van der Waals surface area contributed by atoms with Crippen LogP contribution in [0.15, 0.2) is 24.3 Å². The molecule has 214 valence electrons. The van der Waals surface area contributed by atoms with Gasteiger partial charge in [-0.05, 0) is 87.9 Å². The summed E-state index contributed by atoms with van der Waals surface area (Å²) in [6.45, 7) is 5.21. The van der Waals surface area contributed by atoms with Crippen molar-refractivity contribution < 1.29 is 23.8 Å². The maximum Gasteiger partial charge on any atom is 0.243 e. The Kier molecular flexibility index (Phi) is 12.8. The molecule has 2 atom stereocenters. The van der Waals surface area contributed by atoms with Crippen molar-refractivity contribution in [1.82, 2.24) is 15.5 Å². The number of hydrogen-bond acceptors (Lipinski definition) is 5. The highest BCUT2D eigenvalue weighted by Gasteiger charge is 2.37. The number of ether oxygens (including phenoxy) is 1. The SMILES string of the molecule is CCCC(CNC)C(C(=O)NCC1CCC(F)CC1)N(CC1CCOCC1)C(=O)CCc1ccc(O)cc1. The first-order valence-electron chi connectivity index (χ1n) is 14.6. The fourth-order valence-electron chi connectivity index (χ4n) is 5.93. The van der Waals surface area contributed by atoms with Crippen LogP contribution in [0, 0.1) is 17.8 Å². The summed E-state index contributed by atoms with van der Waals surface area (Å²) >= 11 is 0. The number of alkyl halides is 1. The highest BCUT2D eigenvalue weighted by atomic mass is 19.1. The number of benzene rings is 1. The topological polar surface area (TPSA) is 90.9 Å². The highest BCUT2D eigenvalue weighted by molar-refractivity contribution is 5.88. The smallest absolute Gasteiger partial charge is 0.243 e. The van der Waals surface area contributed by atoms with Crippen molar-refractivity contribution >= 4 is 11.8 Å². The summed E-state index contributed by atoms with van der Waals surface area (Å²) in [5.41, 5.74) is 0.979. The number of halogens is 1. The summed E-state index contributed by atoms with van der Waals surface area (Å²) in [6.07, 6.45) is 6.36. The standard InChI is InChI=1S/C30H48FN3O4/c1-3-4-25(20-32-2)29(30(37)33-19-23-5-10-26(31)11-6-23)34(21-24-15-17-38-18-16-24)28(36)14-9-22-7-12-27(35)13-8-22/h7-8,12-13,23-26,29,32,35H,3-6,9-11,14-21H2,1-2H3,(H,33,37). The number of phenols is 1. The Morgan fingerprint density at radius 3 is 2.39 bits per heavy atom. The normalized spacial score (nSPS) is 22.0. The van der Waals surface area contributed by atoms with Gasteiger partial charge in [0.25, 0.3) is 0 Å². The Labute approximate surface area is 227 Å². The maximum absolute atomic E-state index is 13.9. The largest absolute Gasteiger partial charge is 0.508 e. The van der Waals surface area contributed by atoms with E-state index in [1.54, 1.807) is 12.1 Å². The Bertz CT molecular complexity index is 832. The van der Waals surface area contributed by atoms with Crippen molar-refractivity contribution in [2.45, 2.75) is 83.3 Å². The zero-order chi connectivity index (χ0) is 27.3. The van der Waals surface area contributed by atoms with Gasteiger partial charge in [-0.1, -0.05) is 25.5 Å². The van der Waals surface area contributed by atoms with Crippen molar-refractivity contribution in [2.75, 3.05) is 39.9 Å². The summed E-state index contributed by atoms with van der Waals surface area (Å²) in [7, 11) is 1.89. The van der Waals surface area contributed by atoms with Crippen LogP contribution in [0.5, 0.6) is 5.75 Å². The predicted molar refractivity (Wildman–Crippen MR) is 148 cm³/mol. The molecule has 1 aromatic rings. The highest BCUT2D eigenvalue weighted by Crippen LogP contribution is 2.27. The molecule has 1 saturated carbocycles. The minimum absolute atomic E-state index is 0.0101. The lowest BCUT2D eigenvalue weighted by molar-refractivity contribution is -0.144. The van der Waals surface area contributed by atoms with Crippen LogP contribution in [0.2, 0.25) is 0 Å². The molecular weight excluding hydrogens is 485 g/mol. The molecule has 1 aliphatic heterocycles. The minimum atomic E-state index is -0.722. The lowest BCUT2D eigenvalue weighted by Gasteiger charge is -2.39. The Morgan fingerprint density at radius 2 is 1.76 bits per heavy atom. The number of carbonyl (C=O) groups excluding carboxylic acids is 2. The number of rotatable bonds is 14. The molecule has 3 N–H and O–H groups in total. The summed E-state index contributed by atoms with van der Waals surface area (Å²) in [5.74, 6) is 0.672. The van der Waals surface area contributed by atoms with E-state index in [1.807, 2.05) is 24.1 Å². The predicted octanol–water partition coefficient (Wildman–Crippen LogP) is 4.23. The van der Waals surface area contributed by atoms with E-state index in [4.69, 9.17) is 4.74 Å². The number of hydrogen-bond donors (Lipinski definition) is 3. The third-order valence-electron chi connectivity index (χ3n) is 8.20. The zero-order valence-corrected chi connectivity index (χ0v) is 23.3. The molecule has 2 aliphatic rings. The molecule has 1 aromatic carbocycles. The Morgan fingerprint density at radius 1 is 1.08 bits per heavy atom. The average molecular weight is 534 g/mol. The number of nitrogens with zero attached hydrogens (tertiary/aromatic N) is 1. The van der Waals surface area contributed by atoms with Crippen molar-refractivity contribution in [2.24, 2.45) is 17.8 Å². The maximum atomic E-state index is 13.9. The van der Waals surface area contributed by atoms with E-state index >= 15 is 0 Å². The van der Waals surface area contributed by atoms with Crippen LogP contribution in [0.25, 0.3) is 0 Å². The second kappa shape index (κ2) is 16.0. The molecule has 0 aromatic heterocycles. The molecule has 2 amide bonds. The second-order valence-electron chi connectivity index (χ2n) is 11.2. The zero-order valence-electron chi connectivity index (χ0n) is 23.3. The van der Waals surface area contributed by atoms with Crippen LogP contribution in [0.3, 0.4) is 0 Å². The fourth-order valence-corrected chi connectivity index (χ4v) is 5.93. The molecule has 7 nitrogen and oxygen atoms in total. The van der Waals surface area contributed by atoms with Gasteiger partial charge in [0.05, 0.1) is 0 Å². The molecule has 1 heterocycles. The van der Waals surface area contributed by atoms with Gasteiger partial charge in [0.2, 0.25) is 11.8 Å². The number of carbonyl (C=O) groups is 2. The second-order valence-corrected chi connectivity index (χ2v) is 11.2. The van der Waals surface area contributed by atoms with E-state index in [1.165, 1.54) is 0 Å². The quantitative estimate of drug-likeness (QED) is 0.333. The molecule has 2 fully saturated rings. The lowest BCUT2D eigenvalue weighted by atomic mass is 9.87. The minimum Gasteiger partial charge on any atom is -0.508 e. The average Bonchev–Trinajstić information content (AvgIpc) is 2.92. The van der Waals surface area contributed by atoms with Gasteiger partial charge in [-0.2, -0.15) is 0 Å². The van der Waals surface area contributed by atoms with Gasteiger partial charge in [0.15, 0.2) is 0 Å². The van der Waals surface area contributed by atoms with Crippen LogP contribution >= 0.6 is 0 Å².